The maximum absolute atomic E-state index is 12.2. The highest BCUT2D eigenvalue weighted by atomic mass is 32.2. The largest absolute Gasteiger partial charge is 0.508 e. The van der Waals surface area contributed by atoms with Crippen molar-refractivity contribution in [2.45, 2.75) is 18.7 Å². The number of thioether (sulfide) groups is 1. The summed E-state index contributed by atoms with van der Waals surface area (Å²) in [6.07, 6.45) is 0.801. The molecule has 1 unspecified atom stereocenters. The van der Waals surface area contributed by atoms with Crippen molar-refractivity contribution in [2.24, 2.45) is 0 Å². The first-order chi connectivity index (χ1) is 10.6. The first-order valence-corrected chi connectivity index (χ1v) is 8.44. The molecule has 1 aliphatic rings. The summed E-state index contributed by atoms with van der Waals surface area (Å²) in [7, 11) is 0. The number of phenolic OH excluding ortho intramolecular Hbond substituents is 1. The van der Waals surface area contributed by atoms with E-state index in [-0.39, 0.29) is 17.0 Å². The molecule has 0 aromatic heterocycles. The predicted octanol–water partition coefficient (Wildman–Crippen LogP) is 3.52. The Morgan fingerprint density at radius 2 is 1.91 bits per heavy atom. The van der Waals surface area contributed by atoms with Crippen LogP contribution in [-0.4, -0.2) is 28.2 Å². The summed E-state index contributed by atoms with van der Waals surface area (Å²) in [6.45, 7) is 2.80. The SMILES string of the molecule is Cc1ccccc1C1SCC(=O)N1CCc1ccc(O)cc1. The molecule has 114 valence electrons. The topological polar surface area (TPSA) is 40.5 Å². The lowest BCUT2D eigenvalue weighted by Gasteiger charge is -2.25. The normalized spacial score (nSPS) is 18.0. The van der Waals surface area contributed by atoms with Crippen LogP contribution in [0.15, 0.2) is 48.5 Å². The smallest absolute Gasteiger partial charge is 0.233 e. The van der Waals surface area contributed by atoms with Crippen LogP contribution in [0.4, 0.5) is 0 Å². The van der Waals surface area contributed by atoms with Crippen LogP contribution < -0.4 is 0 Å². The van der Waals surface area contributed by atoms with Gasteiger partial charge in [0, 0.05) is 6.54 Å². The number of carbonyl (C=O) groups is 1. The minimum atomic E-state index is 0.116. The Hall–Kier alpha value is -1.94. The minimum absolute atomic E-state index is 0.116. The molecule has 1 fully saturated rings. The Bertz CT molecular complexity index is 669. The van der Waals surface area contributed by atoms with Crippen molar-refractivity contribution >= 4 is 17.7 Å². The van der Waals surface area contributed by atoms with Crippen LogP contribution in [0.25, 0.3) is 0 Å². The van der Waals surface area contributed by atoms with Crippen molar-refractivity contribution < 1.29 is 9.90 Å². The van der Waals surface area contributed by atoms with Gasteiger partial charge in [-0.2, -0.15) is 0 Å². The highest BCUT2D eigenvalue weighted by Crippen LogP contribution is 2.39. The lowest BCUT2D eigenvalue weighted by Crippen LogP contribution is -2.30. The van der Waals surface area contributed by atoms with Gasteiger partial charge in [-0.1, -0.05) is 36.4 Å². The van der Waals surface area contributed by atoms with E-state index in [2.05, 4.69) is 19.1 Å². The standard InChI is InChI=1S/C18H19NO2S/c1-13-4-2-3-5-16(13)18-19(17(21)12-22-18)11-10-14-6-8-15(20)9-7-14/h2-9,18,20H,10-12H2,1H3. The summed E-state index contributed by atoms with van der Waals surface area (Å²) in [5.41, 5.74) is 3.58. The Kier molecular flexibility index (Phi) is 4.39. The molecule has 3 rings (SSSR count). The quantitative estimate of drug-likeness (QED) is 0.939. The molecule has 3 nitrogen and oxygen atoms in total. The second-order valence-electron chi connectivity index (χ2n) is 5.52. The number of aryl methyl sites for hydroxylation is 1. The molecule has 1 saturated heterocycles. The van der Waals surface area contributed by atoms with Gasteiger partial charge in [0.1, 0.15) is 11.1 Å². The summed E-state index contributed by atoms with van der Waals surface area (Å²) in [4.78, 5) is 14.2. The molecule has 2 aromatic rings. The summed E-state index contributed by atoms with van der Waals surface area (Å²) >= 11 is 1.70. The van der Waals surface area contributed by atoms with Gasteiger partial charge in [0.05, 0.1) is 5.75 Å². The van der Waals surface area contributed by atoms with Gasteiger partial charge in [0.15, 0.2) is 0 Å². The summed E-state index contributed by atoms with van der Waals surface area (Å²) < 4.78 is 0. The molecule has 0 bridgehead atoms. The van der Waals surface area contributed by atoms with Gasteiger partial charge in [-0.05, 0) is 42.2 Å². The van der Waals surface area contributed by atoms with Crippen molar-refractivity contribution in [3.63, 3.8) is 0 Å². The Labute approximate surface area is 135 Å². The molecule has 4 heteroatoms. The fourth-order valence-electron chi connectivity index (χ4n) is 2.73. The summed E-state index contributed by atoms with van der Waals surface area (Å²) in [5.74, 6) is 1.03. The van der Waals surface area contributed by atoms with Gasteiger partial charge >= 0.3 is 0 Å². The van der Waals surface area contributed by atoms with Crippen LogP contribution in [-0.2, 0) is 11.2 Å². The first-order valence-electron chi connectivity index (χ1n) is 7.39. The van der Waals surface area contributed by atoms with Gasteiger partial charge in [0.25, 0.3) is 0 Å². The molecule has 1 amide bonds. The Morgan fingerprint density at radius 1 is 1.18 bits per heavy atom. The van der Waals surface area contributed by atoms with E-state index in [1.54, 1.807) is 23.9 Å². The third-order valence-electron chi connectivity index (χ3n) is 4.00. The number of hydrogen-bond donors (Lipinski definition) is 1. The van der Waals surface area contributed by atoms with Crippen molar-refractivity contribution in [3.8, 4) is 5.75 Å². The monoisotopic (exact) mass is 313 g/mol. The van der Waals surface area contributed by atoms with E-state index in [1.165, 1.54) is 11.1 Å². The number of amides is 1. The molecule has 1 N–H and O–H groups in total. The third kappa shape index (κ3) is 3.12. The molecule has 0 radical (unpaired) electrons. The van der Waals surface area contributed by atoms with Crippen LogP contribution in [0.1, 0.15) is 22.1 Å². The van der Waals surface area contributed by atoms with Gasteiger partial charge in [0.2, 0.25) is 5.91 Å². The molecular weight excluding hydrogens is 294 g/mol. The van der Waals surface area contributed by atoms with E-state index < -0.39 is 0 Å². The van der Waals surface area contributed by atoms with E-state index in [9.17, 15) is 9.90 Å². The number of hydrogen-bond acceptors (Lipinski definition) is 3. The molecule has 0 spiro atoms. The van der Waals surface area contributed by atoms with Gasteiger partial charge in [-0.25, -0.2) is 0 Å². The van der Waals surface area contributed by atoms with E-state index in [1.807, 2.05) is 29.2 Å². The van der Waals surface area contributed by atoms with Gasteiger partial charge < -0.3 is 10.0 Å². The van der Waals surface area contributed by atoms with E-state index in [0.29, 0.717) is 12.3 Å². The number of carbonyl (C=O) groups excluding carboxylic acids is 1. The predicted molar refractivity (Wildman–Crippen MR) is 89.9 cm³/mol. The highest BCUT2D eigenvalue weighted by Gasteiger charge is 2.32. The molecule has 1 heterocycles. The van der Waals surface area contributed by atoms with E-state index in [0.717, 1.165) is 12.0 Å². The maximum Gasteiger partial charge on any atom is 0.233 e. The minimum Gasteiger partial charge on any atom is -0.508 e. The Balaban J connectivity index is 1.74. The zero-order valence-electron chi connectivity index (χ0n) is 12.5. The van der Waals surface area contributed by atoms with E-state index >= 15 is 0 Å². The van der Waals surface area contributed by atoms with Crippen LogP contribution in [0, 0.1) is 6.92 Å². The summed E-state index contributed by atoms with van der Waals surface area (Å²) in [5, 5.41) is 9.45. The number of benzene rings is 2. The fraction of sp³-hybridized carbons (Fsp3) is 0.278. The van der Waals surface area contributed by atoms with Crippen LogP contribution in [0.2, 0.25) is 0 Å². The van der Waals surface area contributed by atoms with E-state index in [4.69, 9.17) is 0 Å². The molecular formula is C18H19NO2S. The lowest BCUT2D eigenvalue weighted by atomic mass is 10.1. The number of phenols is 1. The van der Waals surface area contributed by atoms with Crippen molar-refractivity contribution in [1.29, 1.82) is 0 Å². The van der Waals surface area contributed by atoms with Crippen molar-refractivity contribution in [3.05, 3.63) is 65.2 Å². The zero-order valence-corrected chi connectivity index (χ0v) is 13.3. The fourth-order valence-corrected chi connectivity index (χ4v) is 4.04. The third-order valence-corrected chi connectivity index (χ3v) is 5.24. The molecule has 0 saturated carbocycles. The van der Waals surface area contributed by atoms with Crippen molar-refractivity contribution in [2.75, 3.05) is 12.3 Å². The van der Waals surface area contributed by atoms with Crippen LogP contribution >= 0.6 is 11.8 Å². The number of aromatic hydroxyl groups is 1. The van der Waals surface area contributed by atoms with Crippen LogP contribution in [0.5, 0.6) is 5.75 Å². The zero-order chi connectivity index (χ0) is 15.5. The molecule has 0 aliphatic carbocycles. The molecule has 2 aromatic carbocycles. The van der Waals surface area contributed by atoms with Crippen LogP contribution in [0.3, 0.4) is 0 Å². The highest BCUT2D eigenvalue weighted by molar-refractivity contribution is 8.00. The second-order valence-corrected chi connectivity index (χ2v) is 6.59. The van der Waals surface area contributed by atoms with Gasteiger partial charge in [-0.15, -0.1) is 11.8 Å². The summed E-state index contributed by atoms with van der Waals surface area (Å²) in [6, 6.07) is 15.5. The lowest BCUT2D eigenvalue weighted by molar-refractivity contribution is -0.128. The van der Waals surface area contributed by atoms with Crippen molar-refractivity contribution in [1.82, 2.24) is 4.90 Å². The molecule has 1 atom stereocenters. The Morgan fingerprint density at radius 3 is 2.64 bits per heavy atom. The first kappa shape index (κ1) is 15.0. The van der Waals surface area contributed by atoms with Gasteiger partial charge in [-0.3, -0.25) is 4.79 Å². The average Bonchev–Trinajstić information content (AvgIpc) is 2.88. The maximum atomic E-state index is 12.2. The molecule has 1 aliphatic heterocycles. The second kappa shape index (κ2) is 6.44. The molecule has 22 heavy (non-hydrogen) atoms. The number of rotatable bonds is 4. The average molecular weight is 313 g/mol. The number of nitrogens with zero attached hydrogens (tertiary/aromatic N) is 1.